The lowest BCUT2D eigenvalue weighted by atomic mass is 10.1. The average Bonchev–Trinajstić information content (AvgIpc) is 2.69. The lowest BCUT2D eigenvalue weighted by molar-refractivity contribution is 0.102. The monoisotopic (exact) mass is 347 g/mol. The van der Waals surface area contributed by atoms with Crippen LogP contribution in [0.25, 0.3) is 0 Å². The first-order chi connectivity index (χ1) is 12.8. The van der Waals surface area contributed by atoms with Crippen LogP contribution in [0.3, 0.4) is 0 Å². The largest absolute Gasteiger partial charge is 0.495 e. The molecule has 0 radical (unpaired) electrons. The molecule has 0 bridgehead atoms. The Balaban J connectivity index is 1.69. The molecule has 1 amide bonds. The highest BCUT2D eigenvalue weighted by atomic mass is 16.5. The summed E-state index contributed by atoms with van der Waals surface area (Å²) in [4.78, 5) is 17.0. The quantitative estimate of drug-likeness (QED) is 0.678. The molecule has 5 heteroatoms. The molecule has 0 aliphatic rings. The highest BCUT2D eigenvalue weighted by Crippen LogP contribution is 2.24. The summed E-state index contributed by atoms with van der Waals surface area (Å²) in [6.07, 6.45) is 2.52. The van der Waals surface area contributed by atoms with Crippen molar-refractivity contribution in [3.05, 3.63) is 84.1 Å². The minimum Gasteiger partial charge on any atom is -0.495 e. The Bertz CT molecular complexity index is 866. The summed E-state index contributed by atoms with van der Waals surface area (Å²) in [5, 5.41) is 6.14. The van der Waals surface area contributed by atoms with Gasteiger partial charge < -0.3 is 15.4 Å². The number of nitrogens with zero attached hydrogens (tertiary/aromatic N) is 1. The summed E-state index contributed by atoms with van der Waals surface area (Å²) in [7, 11) is 1.58. The summed E-state index contributed by atoms with van der Waals surface area (Å²) in [5.74, 6) is 0.948. The molecule has 0 saturated heterocycles. The van der Waals surface area contributed by atoms with Crippen LogP contribution in [0.4, 0.5) is 11.5 Å². The second-order valence-electron chi connectivity index (χ2n) is 5.72. The fourth-order valence-electron chi connectivity index (χ4n) is 2.64. The van der Waals surface area contributed by atoms with Crippen LogP contribution in [0.15, 0.2) is 72.9 Å². The summed E-state index contributed by atoms with van der Waals surface area (Å²) >= 11 is 0. The van der Waals surface area contributed by atoms with Crippen LogP contribution >= 0.6 is 0 Å². The van der Waals surface area contributed by atoms with Gasteiger partial charge >= 0.3 is 0 Å². The molecule has 0 atom stereocenters. The van der Waals surface area contributed by atoms with Crippen LogP contribution in [-0.2, 0) is 6.42 Å². The van der Waals surface area contributed by atoms with Crippen LogP contribution < -0.4 is 15.4 Å². The molecule has 0 unspecified atom stereocenters. The van der Waals surface area contributed by atoms with Crippen LogP contribution in [0.5, 0.6) is 5.75 Å². The van der Waals surface area contributed by atoms with Crippen LogP contribution in [0.1, 0.15) is 15.9 Å². The molecule has 2 aromatic carbocycles. The molecule has 1 heterocycles. The molecule has 0 saturated carbocycles. The molecule has 26 heavy (non-hydrogen) atoms. The third kappa shape index (κ3) is 4.39. The van der Waals surface area contributed by atoms with Crippen molar-refractivity contribution in [2.24, 2.45) is 0 Å². The van der Waals surface area contributed by atoms with Gasteiger partial charge in [0.1, 0.15) is 11.6 Å². The fraction of sp³-hybridized carbons (Fsp3) is 0.143. The Morgan fingerprint density at radius 2 is 1.77 bits per heavy atom. The number of rotatable bonds is 7. The molecule has 0 aliphatic heterocycles. The molecule has 132 valence electrons. The Morgan fingerprint density at radius 1 is 1.00 bits per heavy atom. The molecule has 0 aliphatic carbocycles. The first-order valence-electron chi connectivity index (χ1n) is 8.45. The molecular weight excluding hydrogens is 326 g/mol. The van der Waals surface area contributed by atoms with E-state index in [0.717, 1.165) is 6.42 Å². The van der Waals surface area contributed by atoms with Gasteiger partial charge in [0, 0.05) is 12.7 Å². The van der Waals surface area contributed by atoms with Crippen molar-refractivity contribution < 1.29 is 9.53 Å². The molecule has 5 nitrogen and oxygen atoms in total. The minimum absolute atomic E-state index is 0.232. The van der Waals surface area contributed by atoms with Gasteiger partial charge in [-0.25, -0.2) is 4.98 Å². The molecule has 3 aromatic rings. The maximum Gasteiger partial charge on any atom is 0.259 e. The Labute approximate surface area is 153 Å². The van der Waals surface area contributed by atoms with Gasteiger partial charge in [0.15, 0.2) is 0 Å². The normalized spacial score (nSPS) is 10.2. The topological polar surface area (TPSA) is 63.2 Å². The highest BCUT2D eigenvalue weighted by Gasteiger charge is 2.14. The summed E-state index contributed by atoms with van der Waals surface area (Å²) in [5.41, 5.74) is 2.35. The lowest BCUT2D eigenvalue weighted by Crippen LogP contribution is -2.17. The van der Waals surface area contributed by atoms with Crippen molar-refractivity contribution in [3.63, 3.8) is 0 Å². The third-order valence-electron chi connectivity index (χ3n) is 3.96. The smallest absolute Gasteiger partial charge is 0.259 e. The number of hydrogen-bond donors (Lipinski definition) is 2. The number of ether oxygens (including phenoxy) is 1. The number of hydrogen-bond acceptors (Lipinski definition) is 4. The van der Waals surface area contributed by atoms with Gasteiger partial charge in [-0.3, -0.25) is 4.79 Å². The van der Waals surface area contributed by atoms with Gasteiger partial charge in [-0.1, -0.05) is 42.5 Å². The van der Waals surface area contributed by atoms with E-state index < -0.39 is 0 Å². The molecule has 1 aromatic heterocycles. The van der Waals surface area contributed by atoms with Gasteiger partial charge in [-0.05, 0) is 36.2 Å². The van der Waals surface area contributed by atoms with E-state index in [0.29, 0.717) is 29.4 Å². The maximum atomic E-state index is 12.7. The number of methoxy groups -OCH3 is 1. The predicted octanol–water partition coefficient (Wildman–Crippen LogP) is 4.00. The zero-order valence-corrected chi connectivity index (χ0v) is 14.6. The summed E-state index contributed by atoms with van der Waals surface area (Å²) in [6.45, 7) is 0.690. The van der Waals surface area contributed by atoms with E-state index in [-0.39, 0.29) is 5.91 Å². The standard InChI is InChI=1S/C21H21N3O2/c1-26-19-12-6-5-11-18(19)24-21(25)17-10-7-14-22-20(17)23-15-13-16-8-3-2-4-9-16/h2-12,14H,13,15H2,1H3,(H,22,23)(H,24,25). The first-order valence-corrected chi connectivity index (χ1v) is 8.45. The average molecular weight is 347 g/mol. The zero-order chi connectivity index (χ0) is 18.2. The maximum absolute atomic E-state index is 12.7. The van der Waals surface area contributed by atoms with Crippen molar-refractivity contribution in [1.82, 2.24) is 4.98 Å². The van der Waals surface area contributed by atoms with Crippen molar-refractivity contribution in [2.75, 3.05) is 24.3 Å². The number of anilines is 2. The van der Waals surface area contributed by atoms with E-state index in [1.54, 1.807) is 37.6 Å². The molecule has 2 N–H and O–H groups in total. The van der Waals surface area contributed by atoms with Crippen LogP contribution in [0.2, 0.25) is 0 Å². The molecule has 0 fully saturated rings. The number of nitrogens with one attached hydrogen (secondary N) is 2. The number of carbonyl (C=O) groups is 1. The Kier molecular flexibility index (Phi) is 5.83. The first kappa shape index (κ1) is 17.5. The minimum atomic E-state index is -0.232. The number of para-hydroxylation sites is 2. The van der Waals surface area contributed by atoms with E-state index in [9.17, 15) is 4.79 Å². The van der Waals surface area contributed by atoms with Crippen molar-refractivity contribution in [2.45, 2.75) is 6.42 Å². The van der Waals surface area contributed by atoms with E-state index >= 15 is 0 Å². The Hall–Kier alpha value is -3.34. The van der Waals surface area contributed by atoms with E-state index in [2.05, 4.69) is 27.8 Å². The number of amides is 1. The van der Waals surface area contributed by atoms with Gasteiger partial charge in [0.05, 0.1) is 18.4 Å². The van der Waals surface area contributed by atoms with Crippen LogP contribution in [0, 0.1) is 0 Å². The highest BCUT2D eigenvalue weighted by molar-refractivity contribution is 6.08. The Morgan fingerprint density at radius 3 is 2.58 bits per heavy atom. The summed E-state index contributed by atoms with van der Waals surface area (Å²) < 4.78 is 5.28. The van der Waals surface area contributed by atoms with Gasteiger partial charge in [-0.2, -0.15) is 0 Å². The second-order valence-corrected chi connectivity index (χ2v) is 5.72. The third-order valence-corrected chi connectivity index (χ3v) is 3.96. The van der Waals surface area contributed by atoms with Crippen molar-refractivity contribution in [1.29, 1.82) is 0 Å². The summed E-state index contributed by atoms with van der Waals surface area (Å²) in [6, 6.07) is 21.0. The van der Waals surface area contributed by atoms with Crippen molar-refractivity contribution >= 4 is 17.4 Å². The molecular formula is C21H21N3O2. The van der Waals surface area contributed by atoms with Gasteiger partial charge in [-0.15, -0.1) is 0 Å². The van der Waals surface area contributed by atoms with Gasteiger partial charge in [0.25, 0.3) is 5.91 Å². The zero-order valence-electron chi connectivity index (χ0n) is 14.6. The van der Waals surface area contributed by atoms with E-state index in [4.69, 9.17) is 4.74 Å². The van der Waals surface area contributed by atoms with Crippen molar-refractivity contribution in [3.8, 4) is 5.75 Å². The predicted molar refractivity (Wildman–Crippen MR) is 104 cm³/mol. The van der Waals surface area contributed by atoms with Crippen LogP contribution in [-0.4, -0.2) is 24.5 Å². The number of benzene rings is 2. The van der Waals surface area contributed by atoms with Gasteiger partial charge in [0.2, 0.25) is 0 Å². The second kappa shape index (κ2) is 8.67. The number of aromatic nitrogens is 1. The number of carbonyl (C=O) groups excluding carboxylic acids is 1. The SMILES string of the molecule is COc1ccccc1NC(=O)c1cccnc1NCCc1ccccc1. The van der Waals surface area contributed by atoms with E-state index in [1.165, 1.54) is 5.56 Å². The fourth-order valence-corrected chi connectivity index (χ4v) is 2.64. The van der Waals surface area contributed by atoms with E-state index in [1.807, 2.05) is 30.3 Å². The molecule has 0 spiro atoms. The molecule has 3 rings (SSSR count). The lowest BCUT2D eigenvalue weighted by Gasteiger charge is -2.13. The number of pyridine rings is 1.